The van der Waals surface area contributed by atoms with Crippen molar-refractivity contribution in [3.63, 3.8) is 0 Å². The third kappa shape index (κ3) is 2.57. The Kier molecular flexibility index (Phi) is 3.93. The van der Waals surface area contributed by atoms with Crippen LogP contribution in [0.3, 0.4) is 0 Å². The molecule has 0 N–H and O–H groups in total. The highest BCUT2D eigenvalue weighted by atomic mass is 32.2. The van der Waals surface area contributed by atoms with Crippen LogP contribution in [0.25, 0.3) is 0 Å². The van der Waals surface area contributed by atoms with Gasteiger partial charge in [-0.1, -0.05) is 72.4 Å². The maximum Gasteiger partial charge on any atom is 0.243 e. The first-order chi connectivity index (χ1) is 14.8. The number of hydrogen-bond acceptors (Lipinski definition) is 3. The lowest BCUT2D eigenvalue weighted by Crippen LogP contribution is -2.34. The van der Waals surface area contributed by atoms with Crippen LogP contribution in [-0.2, 0) is 4.79 Å². The minimum absolute atomic E-state index is 0.0263. The van der Waals surface area contributed by atoms with Gasteiger partial charge >= 0.3 is 0 Å². The molecule has 144 valence electrons. The van der Waals surface area contributed by atoms with Crippen LogP contribution in [0.2, 0.25) is 0 Å². The maximum atomic E-state index is 14.3. The van der Waals surface area contributed by atoms with Crippen molar-refractivity contribution in [2.45, 2.75) is 15.7 Å². The quantitative estimate of drug-likeness (QED) is 0.349. The number of carbonyl (C=O) groups excluding carboxylic acids is 1. The zero-order valence-corrected chi connectivity index (χ0v) is 16.8. The number of fused-ring (bicyclic) bond motifs is 4. The fourth-order valence-corrected chi connectivity index (χ4v) is 5.31. The van der Waals surface area contributed by atoms with Gasteiger partial charge in [-0.2, -0.15) is 0 Å². The van der Waals surface area contributed by atoms with E-state index in [2.05, 4.69) is 12.1 Å². The number of ether oxygens (including phenoxy) is 1. The van der Waals surface area contributed by atoms with Crippen LogP contribution < -0.4 is 9.64 Å². The van der Waals surface area contributed by atoms with E-state index in [1.165, 1.54) is 0 Å². The number of anilines is 2. The molecule has 4 aromatic rings. The van der Waals surface area contributed by atoms with Gasteiger partial charge in [0, 0.05) is 20.9 Å². The van der Waals surface area contributed by atoms with Gasteiger partial charge in [-0.05, 0) is 36.4 Å². The minimum Gasteiger partial charge on any atom is -0.457 e. The Bertz CT molecular complexity index is 1110. The lowest BCUT2D eigenvalue weighted by Gasteiger charge is -2.35. The smallest absolute Gasteiger partial charge is 0.243 e. The predicted octanol–water partition coefficient (Wildman–Crippen LogP) is 6.75. The van der Waals surface area contributed by atoms with E-state index in [9.17, 15) is 4.79 Å². The van der Waals surface area contributed by atoms with Gasteiger partial charge in [-0.15, -0.1) is 0 Å². The average molecular weight is 407 g/mol. The third-order valence-electron chi connectivity index (χ3n) is 5.58. The topological polar surface area (TPSA) is 29.5 Å². The molecule has 0 spiro atoms. The van der Waals surface area contributed by atoms with E-state index in [0.717, 1.165) is 43.8 Å². The van der Waals surface area contributed by atoms with Gasteiger partial charge in [0.15, 0.2) is 0 Å². The maximum absolute atomic E-state index is 14.3. The summed E-state index contributed by atoms with van der Waals surface area (Å²) in [4.78, 5) is 18.3. The van der Waals surface area contributed by atoms with Crippen LogP contribution in [-0.4, -0.2) is 5.91 Å². The summed E-state index contributed by atoms with van der Waals surface area (Å²) in [5, 5.41) is 0. The molecule has 0 bridgehead atoms. The monoisotopic (exact) mass is 407 g/mol. The summed E-state index contributed by atoms with van der Waals surface area (Å²) in [5.74, 6) is 1.07. The SMILES string of the molecule is O=C(C1c2ccccc2Oc2ccccc21)N1c2ccccc2Sc2ccccc21. The zero-order valence-electron chi connectivity index (χ0n) is 16.0. The number of carbonyl (C=O) groups is 1. The van der Waals surface area contributed by atoms with Crippen LogP contribution in [0.15, 0.2) is 107 Å². The van der Waals surface area contributed by atoms with Crippen molar-refractivity contribution in [2.24, 2.45) is 0 Å². The highest BCUT2D eigenvalue weighted by molar-refractivity contribution is 7.99. The number of benzene rings is 4. The molecule has 2 heterocycles. The lowest BCUT2D eigenvalue weighted by atomic mass is 9.86. The van der Waals surface area contributed by atoms with E-state index < -0.39 is 5.92 Å². The molecule has 0 atom stereocenters. The first-order valence-electron chi connectivity index (χ1n) is 9.87. The van der Waals surface area contributed by atoms with Crippen LogP contribution in [0.4, 0.5) is 11.4 Å². The Morgan fingerprint density at radius 1 is 0.667 bits per heavy atom. The van der Waals surface area contributed by atoms with E-state index in [0.29, 0.717) is 0 Å². The molecule has 0 saturated heterocycles. The Hall–Kier alpha value is -3.50. The number of nitrogens with zero attached hydrogens (tertiary/aromatic N) is 1. The number of hydrogen-bond donors (Lipinski definition) is 0. The first kappa shape index (κ1) is 17.4. The second-order valence-corrected chi connectivity index (χ2v) is 8.41. The number of para-hydroxylation sites is 4. The normalized spacial score (nSPS) is 14.1. The Morgan fingerprint density at radius 3 is 1.70 bits per heavy atom. The van der Waals surface area contributed by atoms with Crippen LogP contribution in [0.5, 0.6) is 11.5 Å². The molecule has 0 saturated carbocycles. The van der Waals surface area contributed by atoms with Gasteiger partial charge in [0.25, 0.3) is 0 Å². The second-order valence-electron chi connectivity index (χ2n) is 7.32. The van der Waals surface area contributed by atoms with Crippen molar-refractivity contribution in [1.82, 2.24) is 0 Å². The molecule has 30 heavy (non-hydrogen) atoms. The first-order valence-corrected chi connectivity index (χ1v) is 10.7. The molecular formula is C26H17NO2S. The summed E-state index contributed by atoms with van der Waals surface area (Å²) in [6.07, 6.45) is 0. The molecule has 2 aliphatic heterocycles. The van der Waals surface area contributed by atoms with Crippen molar-refractivity contribution in [3.8, 4) is 11.5 Å². The summed E-state index contributed by atoms with van der Waals surface area (Å²) in [7, 11) is 0. The minimum atomic E-state index is -0.435. The average Bonchev–Trinajstić information content (AvgIpc) is 2.80. The van der Waals surface area contributed by atoms with Crippen LogP contribution in [0, 0.1) is 0 Å². The number of amides is 1. The highest BCUT2D eigenvalue weighted by Gasteiger charge is 2.38. The standard InChI is InChI=1S/C26H17NO2S/c28-26(25-17-9-1-5-13-21(17)29-22-14-6-2-10-18(22)25)27-19-11-3-7-15-23(19)30-24-16-8-4-12-20(24)27/h1-16,25H. The van der Waals surface area contributed by atoms with Crippen molar-refractivity contribution in [1.29, 1.82) is 0 Å². The summed E-state index contributed by atoms with van der Waals surface area (Å²) in [5.41, 5.74) is 3.64. The Morgan fingerprint density at radius 2 is 1.13 bits per heavy atom. The number of rotatable bonds is 1. The molecule has 0 unspecified atom stereocenters. The molecular weight excluding hydrogens is 390 g/mol. The Balaban J connectivity index is 1.57. The molecule has 4 heteroatoms. The summed E-state index contributed by atoms with van der Waals surface area (Å²) < 4.78 is 6.11. The van der Waals surface area contributed by atoms with Gasteiger partial charge in [-0.25, -0.2) is 0 Å². The predicted molar refractivity (Wildman–Crippen MR) is 119 cm³/mol. The molecule has 4 aromatic carbocycles. The molecule has 1 amide bonds. The van der Waals surface area contributed by atoms with Gasteiger partial charge in [0.05, 0.1) is 17.3 Å². The van der Waals surface area contributed by atoms with Crippen molar-refractivity contribution >= 4 is 29.0 Å². The summed E-state index contributed by atoms with van der Waals surface area (Å²) in [6.45, 7) is 0. The molecule has 0 fully saturated rings. The largest absolute Gasteiger partial charge is 0.457 e. The van der Waals surface area contributed by atoms with E-state index in [1.807, 2.05) is 89.8 Å². The highest BCUT2D eigenvalue weighted by Crippen LogP contribution is 2.51. The van der Waals surface area contributed by atoms with Crippen LogP contribution in [0.1, 0.15) is 17.0 Å². The van der Waals surface area contributed by atoms with Gasteiger partial charge in [0.1, 0.15) is 11.5 Å². The van der Waals surface area contributed by atoms with E-state index >= 15 is 0 Å². The lowest BCUT2D eigenvalue weighted by molar-refractivity contribution is -0.118. The Labute approximate surface area is 178 Å². The summed E-state index contributed by atoms with van der Waals surface area (Å²) >= 11 is 1.70. The second kappa shape index (κ2) is 6.78. The fraction of sp³-hybridized carbons (Fsp3) is 0.0385. The van der Waals surface area contributed by atoms with E-state index in [4.69, 9.17) is 4.74 Å². The van der Waals surface area contributed by atoms with E-state index in [1.54, 1.807) is 11.8 Å². The fourth-order valence-electron chi connectivity index (χ4n) is 4.25. The van der Waals surface area contributed by atoms with Crippen molar-refractivity contribution < 1.29 is 9.53 Å². The van der Waals surface area contributed by atoms with E-state index in [-0.39, 0.29) is 5.91 Å². The van der Waals surface area contributed by atoms with Gasteiger partial charge in [-0.3, -0.25) is 9.69 Å². The third-order valence-corrected chi connectivity index (χ3v) is 6.71. The molecule has 3 nitrogen and oxygen atoms in total. The van der Waals surface area contributed by atoms with Gasteiger partial charge < -0.3 is 4.74 Å². The van der Waals surface area contributed by atoms with Crippen molar-refractivity contribution in [3.05, 3.63) is 108 Å². The molecule has 0 aliphatic carbocycles. The summed E-state index contributed by atoms with van der Waals surface area (Å²) in [6, 6.07) is 31.8. The molecule has 6 rings (SSSR count). The zero-order chi connectivity index (χ0) is 20.1. The van der Waals surface area contributed by atoms with Crippen LogP contribution >= 0.6 is 11.8 Å². The molecule has 0 radical (unpaired) electrons. The molecule has 2 aliphatic rings. The molecule has 0 aromatic heterocycles. The van der Waals surface area contributed by atoms with Crippen molar-refractivity contribution in [2.75, 3.05) is 4.90 Å². The van der Waals surface area contributed by atoms with Gasteiger partial charge in [0.2, 0.25) is 5.91 Å².